The van der Waals surface area contributed by atoms with Gasteiger partial charge in [-0.2, -0.15) is 0 Å². The summed E-state index contributed by atoms with van der Waals surface area (Å²) in [6.07, 6.45) is 8.13. The number of benzene rings is 1. The van der Waals surface area contributed by atoms with Crippen molar-refractivity contribution in [2.75, 3.05) is 6.54 Å². The van der Waals surface area contributed by atoms with Crippen LogP contribution in [0.1, 0.15) is 67.0 Å². The Balaban J connectivity index is 1.48. The van der Waals surface area contributed by atoms with Crippen LogP contribution in [-0.2, 0) is 11.2 Å². The Bertz CT molecular complexity index is 1100. The predicted octanol–water partition coefficient (Wildman–Crippen LogP) is 5.76. The van der Waals surface area contributed by atoms with E-state index >= 15 is 0 Å². The third kappa shape index (κ3) is 3.67. The number of fused-ring (bicyclic) bond motifs is 1. The molecule has 2 aromatic heterocycles. The fourth-order valence-corrected chi connectivity index (χ4v) is 5.28. The molecule has 3 aromatic rings. The Morgan fingerprint density at radius 1 is 1.20 bits per heavy atom. The number of carbonyl (C=O) groups excluding carboxylic acids is 2. The van der Waals surface area contributed by atoms with E-state index in [2.05, 4.69) is 0 Å². The number of thioether (sulfide) groups is 1. The number of oxazole rings is 1. The standard InChI is InChI=1S/C23H24N2O4S/c1-14-18(24-22(29-14)15-5-3-2-4-6-15)12-19(25-13-21(26)30-23(25)27)16-7-8-20-17(11-16)9-10-28-20/h7-11,15,19H,2-6,12-13H2,1H3. The topological polar surface area (TPSA) is 76.6 Å². The van der Waals surface area contributed by atoms with E-state index in [1.807, 2.05) is 31.2 Å². The molecule has 30 heavy (non-hydrogen) atoms. The summed E-state index contributed by atoms with van der Waals surface area (Å²) < 4.78 is 11.5. The van der Waals surface area contributed by atoms with E-state index in [4.69, 9.17) is 13.8 Å². The minimum absolute atomic E-state index is 0.115. The lowest BCUT2D eigenvalue weighted by atomic mass is 9.89. The minimum Gasteiger partial charge on any atom is -0.464 e. The number of rotatable bonds is 5. The largest absolute Gasteiger partial charge is 0.464 e. The zero-order chi connectivity index (χ0) is 20.7. The second-order valence-electron chi connectivity index (χ2n) is 8.20. The van der Waals surface area contributed by atoms with Crippen LogP contribution in [-0.4, -0.2) is 26.8 Å². The quantitative estimate of drug-likeness (QED) is 0.518. The lowest BCUT2D eigenvalue weighted by Crippen LogP contribution is -2.31. The van der Waals surface area contributed by atoms with Crippen LogP contribution in [0.2, 0.25) is 0 Å². The monoisotopic (exact) mass is 424 g/mol. The van der Waals surface area contributed by atoms with Crippen molar-refractivity contribution in [3.05, 3.63) is 53.4 Å². The molecule has 2 fully saturated rings. The van der Waals surface area contributed by atoms with Crippen LogP contribution >= 0.6 is 11.8 Å². The van der Waals surface area contributed by atoms with Gasteiger partial charge in [0.1, 0.15) is 11.3 Å². The highest BCUT2D eigenvalue weighted by atomic mass is 32.2. The van der Waals surface area contributed by atoms with Gasteiger partial charge in [-0.05, 0) is 43.5 Å². The molecule has 0 bridgehead atoms. The third-order valence-electron chi connectivity index (χ3n) is 6.22. The molecule has 1 unspecified atom stereocenters. The van der Waals surface area contributed by atoms with Crippen LogP contribution in [0.15, 0.2) is 39.4 Å². The van der Waals surface area contributed by atoms with Gasteiger partial charge in [-0.3, -0.25) is 9.59 Å². The normalized spacial score (nSPS) is 19.2. The molecule has 1 aromatic carbocycles. The fraction of sp³-hybridized carbons (Fsp3) is 0.435. The number of amides is 1. The number of hydrogen-bond donors (Lipinski definition) is 0. The van der Waals surface area contributed by atoms with Crippen molar-refractivity contribution >= 4 is 33.1 Å². The highest BCUT2D eigenvalue weighted by molar-refractivity contribution is 8.26. The van der Waals surface area contributed by atoms with Gasteiger partial charge in [0.15, 0.2) is 5.89 Å². The van der Waals surface area contributed by atoms with Crippen LogP contribution in [0.25, 0.3) is 11.0 Å². The van der Waals surface area contributed by atoms with Crippen LogP contribution in [0, 0.1) is 6.92 Å². The minimum atomic E-state index is -0.279. The molecule has 156 valence electrons. The number of nitrogens with zero attached hydrogens (tertiary/aromatic N) is 2. The van der Waals surface area contributed by atoms with Gasteiger partial charge < -0.3 is 13.7 Å². The maximum absolute atomic E-state index is 12.5. The number of aryl methyl sites for hydroxylation is 1. The summed E-state index contributed by atoms with van der Waals surface area (Å²) in [6, 6.07) is 7.54. The van der Waals surface area contributed by atoms with E-state index in [9.17, 15) is 9.59 Å². The fourth-order valence-electron chi connectivity index (χ4n) is 4.58. The molecule has 1 aliphatic carbocycles. The summed E-state index contributed by atoms with van der Waals surface area (Å²) in [5.41, 5.74) is 2.63. The maximum atomic E-state index is 12.5. The summed E-state index contributed by atoms with van der Waals surface area (Å²) >= 11 is 0.785. The molecule has 1 saturated carbocycles. The molecule has 1 aliphatic heterocycles. The van der Waals surface area contributed by atoms with Gasteiger partial charge in [0.25, 0.3) is 5.24 Å². The highest BCUT2D eigenvalue weighted by Crippen LogP contribution is 2.37. The smallest absolute Gasteiger partial charge is 0.290 e. The second-order valence-corrected chi connectivity index (χ2v) is 9.20. The number of furan rings is 1. The third-order valence-corrected chi connectivity index (χ3v) is 6.99. The van der Waals surface area contributed by atoms with Crippen molar-refractivity contribution in [2.24, 2.45) is 0 Å². The molecule has 2 aliphatic rings. The van der Waals surface area contributed by atoms with Gasteiger partial charge in [-0.1, -0.05) is 25.3 Å². The first kappa shape index (κ1) is 19.4. The first-order valence-corrected chi connectivity index (χ1v) is 11.3. The number of carbonyl (C=O) groups is 2. The lowest BCUT2D eigenvalue weighted by Gasteiger charge is -2.26. The van der Waals surface area contributed by atoms with Crippen LogP contribution in [0.4, 0.5) is 4.79 Å². The summed E-state index contributed by atoms with van der Waals surface area (Å²) in [5, 5.41) is 0.656. The Hall–Kier alpha value is -2.54. The molecular weight excluding hydrogens is 400 g/mol. The lowest BCUT2D eigenvalue weighted by molar-refractivity contribution is -0.111. The van der Waals surface area contributed by atoms with Gasteiger partial charge in [-0.25, -0.2) is 4.98 Å². The van der Waals surface area contributed by atoms with E-state index in [1.165, 1.54) is 19.3 Å². The first-order chi connectivity index (χ1) is 14.6. The van der Waals surface area contributed by atoms with Crippen LogP contribution in [0.3, 0.4) is 0 Å². The zero-order valence-electron chi connectivity index (χ0n) is 16.9. The molecule has 3 heterocycles. The molecule has 7 heteroatoms. The van der Waals surface area contributed by atoms with Gasteiger partial charge in [0, 0.05) is 29.5 Å². The van der Waals surface area contributed by atoms with E-state index in [0.29, 0.717) is 12.3 Å². The van der Waals surface area contributed by atoms with E-state index in [0.717, 1.165) is 58.5 Å². The van der Waals surface area contributed by atoms with Crippen molar-refractivity contribution in [1.82, 2.24) is 9.88 Å². The van der Waals surface area contributed by atoms with Crippen molar-refractivity contribution in [2.45, 2.75) is 57.4 Å². The number of hydrogen-bond acceptors (Lipinski definition) is 6. The second kappa shape index (κ2) is 7.95. The molecular formula is C23H24N2O4S. The van der Waals surface area contributed by atoms with Crippen molar-refractivity contribution < 1.29 is 18.4 Å². The Kier molecular flexibility index (Phi) is 5.15. The zero-order valence-corrected chi connectivity index (χ0v) is 17.7. The van der Waals surface area contributed by atoms with Crippen molar-refractivity contribution in [1.29, 1.82) is 0 Å². The van der Waals surface area contributed by atoms with Gasteiger partial charge >= 0.3 is 0 Å². The van der Waals surface area contributed by atoms with E-state index < -0.39 is 0 Å². The Morgan fingerprint density at radius 3 is 2.80 bits per heavy atom. The molecule has 1 atom stereocenters. The summed E-state index contributed by atoms with van der Waals surface area (Å²) in [4.78, 5) is 31.0. The van der Waals surface area contributed by atoms with Crippen LogP contribution < -0.4 is 0 Å². The van der Waals surface area contributed by atoms with Gasteiger partial charge in [0.2, 0.25) is 5.12 Å². The average Bonchev–Trinajstić information content (AvgIpc) is 3.45. The summed E-state index contributed by atoms with van der Waals surface area (Å²) in [6.45, 7) is 2.06. The van der Waals surface area contributed by atoms with Crippen molar-refractivity contribution in [3.63, 3.8) is 0 Å². The molecule has 1 saturated heterocycles. The molecule has 0 radical (unpaired) electrons. The van der Waals surface area contributed by atoms with Gasteiger partial charge in [-0.15, -0.1) is 0 Å². The Labute approximate surface area is 179 Å². The number of aromatic nitrogens is 1. The maximum Gasteiger partial charge on any atom is 0.290 e. The predicted molar refractivity (Wildman–Crippen MR) is 114 cm³/mol. The summed E-state index contributed by atoms with van der Waals surface area (Å²) in [5.74, 6) is 2.01. The molecule has 5 rings (SSSR count). The molecule has 6 nitrogen and oxygen atoms in total. The Morgan fingerprint density at radius 2 is 2.03 bits per heavy atom. The molecule has 0 N–H and O–H groups in total. The average molecular weight is 425 g/mol. The van der Waals surface area contributed by atoms with Crippen LogP contribution in [0.5, 0.6) is 0 Å². The SMILES string of the molecule is Cc1oc(C2CCCCC2)nc1CC(c1ccc2occc2c1)N1CC(=O)SC1=O. The molecule has 0 spiro atoms. The first-order valence-electron chi connectivity index (χ1n) is 10.5. The highest BCUT2D eigenvalue weighted by Gasteiger charge is 2.36. The van der Waals surface area contributed by atoms with E-state index in [-0.39, 0.29) is 22.9 Å². The van der Waals surface area contributed by atoms with Gasteiger partial charge in [0.05, 0.1) is 24.5 Å². The molecule has 1 amide bonds. The summed E-state index contributed by atoms with van der Waals surface area (Å²) in [7, 11) is 0. The van der Waals surface area contributed by atoms with Crippen molar-refractivity contribution in [3.8, 4) is 0 Å². The van der Waals surface area contributed by atoms with E-state index in [1.54, 1.807) is 11.2 Å².